The third-order valence-electron chi connectivity index (χ3n) is 1.07. The van der Waals surface area contributed by atoms with E-state index in [1.807, 2.05) is 0 Å². The average molecular weight is 211 g/mol. The molecule has 4 nitrogen and oxygen atoms in total. The second-order valence-corrected chi connectivity index (χ2v) is 6.19. The van der Waals surface area contributed by atoms with Crippen LogP contribution in [0, 0.1) is 0 Å². The van der Waals surface area contributed by atoms with Gasteiger partial charge in [-0.2, -0.15) is 0 Å². The van der Waals surface area contributed by atoms with Crippen LogP contribution in [0.25, 0.3) is 0 Å². The van der Waals surface area contributed by atoms with Crippen molar-refractivity contribution in [3.63, 3.8) is 0 Å². The van der Waals surface area contributed by atoms with Crippen molar-refractivity contribution in [3.8, 4) is 0 Å². The summed E-state index contributed by atoms with van der Waals surface area (Å²) in [6.45, 7) is 3.07. The van der Waals surface area contributed by atoms with Crippen molar-refractivity contribution in [3.05, 3.63) is 0 Å². The van der Waals surface area contributed by atoms with E-state index in [0.717, 1.165) is 4.48 Å². The Balaban J connectivity index is 0. The van der Waals surface area contributed by atoms with Gasteiger partial charge in [-0.05, 0) is 13.3 Å². The molecule has 0 aromatic heterocycles. The molecule has 0 aliphatic heterocycles. The second kappa shape index (κ2) is 5.57. The third kappa shape index (κ3) is 18.7. The zero-order valence-corrected chi connectivity index (χ0v) is 10.2. The number of quaternary nitrogens is 1. The predicted octanol–water partition coefficient (Wildman–Crippen LogP) is 0.653. The van der Waals surface area contributed by atoms with Gasteiger partial charge in [-0.15, -0.1) is 0 Å². The molecule has 0 bridgehead atoms. The van der Waals surface area contributed by atoms with Crippen LogP contribution in [-0.4, -0.2) is 50.9 Å². The Bertz CT molecular complexity index is 210. The predicted molar refractivity (Wildman–Crippen MR) is 53.4 cm³/mol. The monoisotopic (exact) mass is 211 g/mol. The summed E-state index contributed by atoms with van der Waals surface area (Å²) in [6.07, 6.45) is 0.395. The van der Waals surface area contributed by atoms with Crippen LogP contribution in [0.5, 0.6) is 0 Å². The Morgan fingerprint density at radius 2 is 1.46 bits per heavy atom. The molecule has 0 fully saturated rings. The summed E-state index contributed by atoms with van der Waals surface area (Å²) < 4.78 is 31.0. The molecule has 0 saturated carbocycles. The number of rotatable bonds is 2. The molecule has 0 rings (SSSR count). The summed E-state index contributed by atoms with van der Waals surface area (Å²) in [5.41, 5.74) is 0. The van der Waals surface area contributed by atoms with Crippen molar-refractivity contribution in [2.24, 2.45) is 0 Å². The second-order valence-electron chi connectivity index (χ2n) is 4.39. The van der Waals surface area contributed by atoms with Gasteiger partial charge in [0.15, 0.2) is 0 Å². The van der Waals surface area contributed by atoms with Crippen molar-refractivity contribution < 1.29 is 17.5 Å². The van der Waals surface area contributed by atoms with E-state index in [-0.39, 0.29) is 0 Å². The molecule has 0 saturated heterocycles. The highest BCUT2D eigenvalue weighted by molar-refractivity contribution is 7.86. The molecule has 0 heterocycles. The van der Waals surface area contributed by atoms with E-state index >= 15 is 0 Å². The number of nitrogens with zero attached hydrogens (tertiary/aromatic N) is 1. The van der Waals surface area contributed by atoms with Crippen molar-refractivity contribution in [2.45, 2.75) is 25.5 Å². The molecule has 0 aromatic carbocycles. The van der Waals surface area contributed by atoms with Crippen LogP contribution in [0.4, 0.5) is 0 Å². The van der Waals surface area contributed by atoms with E-state index in [1.165, 1.54) is 6.92 Å². The fourth-order valence-electron chi connectivity index (χ4n) is 0.204. The lowest BCUT2D eigenvalue weighted by atomic mass is 10.4. The molecule has 0 aliphatic carbocycles. The van der Waals surface area contributed by atoms with Crippen molar-refractivity contribution in [1.82, 2.24) is 0 Å². The summed E-state index contributed by atoms with van der Waals surface area (Å²) in [7, 11) is 4.50. The molecule has 0 N–H and O–H groups in total. The topological polar surface area (TPSA) is 57.2 Å². The first kappa shape index (κ1) is 15.3. The normalized spacial score (nSPS) is 14.4. The number of hydrogen-bond donors (Lipinski definition) is 0. The zero-order valence-electron chi connectivity index (χ0n) is 9.36. The van der Waals surface area contributed by atoms with Gasteiger partial charge in [0.1, 0.15) is 0 Å². The zero-order chi connectivity index (χ0) is 11.3. The summed E-state index contributed by atoms with van der Waals surface area (Å²) in [6, 6.07) is 0. The molecule has 5 heteroatoms. The summed E-state index contributed by atoms with van der Waals surface area (Å²) in [4.78, 5) is 0. The molecular weight excluding hydrogens is 190 g/mol. The van der Waals surface area contributed by atoms with Crippen LogP contribution in [0.2, 0.25) is 0 Å². The van der Waals surface area contributed by atoms with Crippen LogP contribution < -0.4 is 0 Å². The van der Waals surface area contributed by atoms with Crippen LogP contribution in [0.15, 0.2) is 0 Å². The largest absolute Gasteiger partial charge is 0.748 e. The van der Waals surface area contributed by atoms with Gasteiger partial charge in [0, 0.05) is 5.25 Å². The van der Waals surface area contributed by atoms with E-state index in [9.17, 15) is 13.0 Å². The standard InChI is InChI=1S/C4H12N.C4H10O3S/c1-5(2,3)4;1-3-4(2)8(5,6)7/h1-4H3;4H,3H2,1-2H3,(H,5,6,7)/q+1;/p-1. The van der Waals surface area contributed by atoms with Gasteiger partial charge in [0.2, 0.25) is 0 Å². The van der Waals surface area contributed by atoms with Crippen molar-refractivity contribution >= 4 is 10.1 Å². The fourth-order valence-corrected chi connectivity index (χ4v) is 0.612. The first-order chi connectivity index (χ1) is 5.48. The van der Waals surface area contributed by atoms with E-state index in [0.29, 0.717) is 6.42 Å². The van der Waals surface area contributed by atoms with Crippen molar-refractivity contribution in [1.29, 1.82) is 0 Å². The molecule has 0 aromatic rings. The third-order valence-corrected chi connectivity index (χ3v) is 2.39. The lowest BCUT2D eigenvalue weighted by Crippen LogP contribution is -2.27. The highest BCUT2D eigenvalue weighted by Gasteiger charge is 2.04. The molecule has 1 atom stereocenters. The molecule has 0 spiro atoms. The molecule has 1 unspecified atom stereocenters. The maximum absolute atomic E-state index is 10.0. The van der Waals surface area contributed by atoms with Gasteiger partial charge < -0.3 is 9.04 Å². The van der Waals surface area contributed by atoms with Gasteiger partial charge in [-0.25, -0.2) is 8.42 Å². The Labute approximate surface area is 81.9 Å². The molecule has 0 amide bonds. The van der Waals surface area contributed by atoms with Crippen LogP contribution in [0.3, 0.4) is 0 Å². The molecule has 82 valence electrons. The smallest absolute Gasteiger partial charge is 0.0972 e. The van der Waals surface area contributed by atoms with Gasteiger partial charge >= 0.3 is 0 Å². The van der Waals surface area contributed by atoms with Gasteiger partial charge in [0.05, 0.1) is 38.3 Å². The van der Waals surface area contributed by atoms with Crippen molar-refractivity contribution in [2.75, 3.05) is 28.2 Å². The van der Waals surface area contributed by atoms with Gasteiger partial charge in [-0.1, -0.05) is 6.92 Å². The summed E-state index contributed by atoms with van der Waals surface area (Å²) in [5.74, 6) is 0. The first-order valence-electron chi connectivity index (χ1n) is 4.22. The first-order valence-corrected chi connectivity index (χ1v) is 5.69. The summed E-state index contributed by atoms with van der Waals surface area (Å²) in [5, 5.41) is -0.734. The van der Waals surface area contributed by atoms with Gasteiger partial charge in [-0.3, -0.25) is 0 Å². The van der Waals surface area contributed by atoms with E-state index in [2.05, 4.69) is 28.2 Å². The van der Waals surface area contributed by atoms with Crippen LogP contribution in [-0.2, 0) is 10.1 Å². The van der Waals surface area contributed by atoms with E-state index < -0.39 is 15.4 Å². The average Bonchev–Trinajstić information content (AvgIpc) is 1.80. The lowest BCUT2D eigenvalue weighted by molar-refractivity contribution is -0.849. The van der Waals surface area contributed by atoms with Gasteiger partial charge in [0.25, 0.3) is 0 Å². The van der Waals surface area contributed by atoms with Crippen LogP contribution in [0.1, 0.15) is 20.3 Å². The highest BCUT2D eigenvalue weighted by atomic mass is 32.2. The highest BCUT2D eigenvalue weighted by Crippen LogP contribution is 1.99. The fraction of sp³-hybridized carbons (Fsp3) is 1.00. The maximum Gasteiger partial charge on any atom is 0.0972 e. The Morgan fingerprint density at radius 1 is 1.23 bits per heavy atom. The Kier molecular flexibility index (Phi) is 6.57. The minimum absolute atomic E-state index is 0.395. The molecule has 0 aliphatic rings. The Morgan fingerprint density at radius 3 is 1.46 bits per heavy atom. The van der Waals surface area contributed by atoms with E-state index in [4.69, 9.17) is 0 Å². The van der Waals surface area contributed by atoms with Crippen LogP contribution >= 0.6 is 0 Å². The molecule has 13 heavy (non-hydrogen) atoms. The quantitative estimate of drug-likeness (QED) is 0.498. The molecule has 0 radical (unpaired) electrons. The lowest BCUT2D eigenvalue weighted by Gasteiger charge is -2.14. The summed E-state index contributed by atoms with van der Waals surface area (Å²) >= 11 is 0. The SMILES string of the molecule is CCC(C)S(=O)(=O)[O-].C[N+](C)(C)C. The Hall–Kier alpha value is -0.130. The minimum Gasteiger partial charge on any atom is -0.748 e. The van der Waals surface area contributed by atoms with E-state index in [1.54, 1.807) is 6.92 Å². The minimum atomic E-state index is -4.00. The number of hydrogen-bond acceptors (Lipinski definition) is 3. The maximum atomic E-state index is 10.0. The molecular formula is C8H21NO3S.